The van der Waals surface area contributed by atoms with Gasteiger partial charge in [0.15, 0.2) is 0 Å². The van der Waals surface area contributed by atoms with Crippen LogP contribution in [0.25, 0.3) is 0 Å². The maximum atomic E-state index is 11.5. The van der Waals surface area contributed by atoms with Crippen LogP contribution in [0.1, 0.15) is 46.0 Å². The van der Waals surface area contributed by atoms with Crippen molar-refractivity contribution in [3.8, 4) is 0 Å². The molecule has 0 saturated heterocycles. The molecule has 0 aromatic heterocycles. The number of carbonyl (C=O) groups excluding carboxylic acids is 1. The average molecular weight is 220 g/mol. The van der Waals surface area contributed by atoms with E-state index in [9.17, 15) is 4.79 Å². The fourth-order valence-corrected chi connectivity index (χ4v) is 1.60. The molecule has 1 N–H and O–H groups in total. The van der Waals surface area contributed by atoms with Crippen LogP contribution in [0, 0.1) is 5.92 Å². The Labute approximate surface area is 92.4 Å². The first-order valence-corrected chi connectivity index (χ1v) is 6.13. The Morgan fingerprint density at radius 3 is 2.36 bits per heavy atom. The van der Waals surface area contributed by atoms with E-state index in [0.717, 1.165) is 44.5 Å². The molecule has 0 aromatic carbocycles. The Morgan fingerprint density at radius 1 is 1.21 bits per heavy atom. The quantitative estimate of drug-likeness (QED) is 0.494. The summed E-state index contributed by atoms with van der Waals surface area (Å²) in [6.07, 6.45) is 5.06. The van der Waals surface area contributed by atoms with Crippen LogP contribution in [0.15, 0.2) is 0 Å². The zero-order valence-corrected chi connectivity index (χ0v) is 10.1. The minimum atomic E-state index is 0.197. The fourth-order valence-electron chi connectivity index (χ4n) is 1.41. The summed E-state index contributed by atoms with van der Waals surface area (Å²) < 4.78 is 0. The first-order valence-electron chi connectivity index (χ1n) is 5.59. The van der Waals surface area contributed by atoms with Crippen molar-refractivity contribution in [3.05, 3.63) is 0 Å². The number of carbonyl (C=O) groups is 1. The normalized spacial score (nSPS) is 10.6. The Hall–Kier alpha value is -0.240. The van der Waals surface area contributed by atoms with Crippen molar-refractivity contribution in [2.75, 3.05) is 12.4 Å². The molecule has 3 heteroatoms. The zero-order chi connectivity index (χ0) is 10.8. The summed E-state index contributed by atoms with van der Waals surface area (Å²) in [6, 6.07) is 0. The molecule has 0 fully saturated rings. The van der Waals surface area contributed by atoms with Gasteiger partial charge in [-0.1, -0.05) is 20.3 Å². The molecule has 0 aromatic rings. The summed E-state index contributed by atoms with van der Waals surface area (Å²) >= 11 is 5.55. The van der Waals surface area contributed by atoms with E-state index in [1.807, 2.05) is 0 Å². The van der Waals surface area contributed by atoms with E-state index < -0.39 is 0 Å². The largest absolute Gasteiger partial charge is 0.356 e. The van der Waals surface area contributed by atoms with Crippen LogP contribution in [0.2, 0.25) is 0 Å². The molecule has 2 nitrogen and oxygen atoms in total. The molecular formula is C11H22ClNO. The first kappa shape index (κ1) is 13.8. The topological polar surface area (TPSA) is 29.1 Å². The van der Waals surface area contributed by atoms with Gasteiger partial charge in [0.2, 0.25) is 5.91 Å². The maximum Gasteiger partial charge on any atom is 0.223 e. The number of unbranched alkanes of at least 4 members (excludes halogenated alkanes) is 2. The van der Waals surface area contributed by atoms with Crippen molar-refractivity contribution in [2.45, 2.75) is 46.0 Å². The predicted molar refractivity (Wildman–Crippen MR) is 61.7 cm³/mol. The first-order chi connectivity index (χ1) is 6.76. The third kappa shape index (κ3) is 6.25. The number of rotatable bonds is 8. The molecule has 14 heavy (non-hydrogen) atoms. The van der Waals surface area contributed by atoms with E-state index in [4.69, 9.17) is 11.6 Å². The maximum absolute atomic E-state index is 11.5. The van der Waals surface area contributed by atoms with E-state index in [2.05, 4.69) is 19.2 Å². The third-order valence-corrected chi connectivity index (χ3v) is 2.73. The van der Waals surface area contributed by atoms with E-state index in [1.54, 1.807) is 0 Å². The Bertz CT molecular complexity index is 146. The van der Waals surface area contributed by atoms with Crippen LogP contribution in [0.4, 0.5) is 0 Å². The van der Waals surface area contributed by atoms with Crippen molar-refractivity contribution in [2.24, 2.45) is 5.92 Å². The van der Waals surface area contributed by atoms with Crippen LogP contribution < -0.4 is 5.32 Å². The predicted octanol–water partition coefficient (Wildman–Crippen LogP) is 2.95. The molecule has 0 aliphatic carbocycles. The molecule has 0 heterocycles. The van der Waals surface area contributed by atoms with Gasteiger partial charge in [-0.15, -0.1) is 11.6 Å². The SMILES string of the molecule is CCC(CC)C(=O)NCCCCCCl. The van der Waals surface area contributed by atoms with E-state index in [1.165, 1.54) is 0 Å². The number of hydrogen-bond acceptors (Lipinski definition) is 1. The van der Waals surface area contributed by atoms with Gasteiger partial charge in [-0.05, 0) is 25.7 Å². The fraction of sp³-hybridized carbons (Fsp3) is 0.909. The smallest absolute Gasteiger partial charge is 0.223 e. The van der Waals surface area contributed by atoms with Gasteiger partial charge < -0.3 is 5.32 Å². The van der Waals surface area contributed by atoms with Gasteiger partial charge in [-0.25, -0.2) is 0 Å². The average Bonchev–Trinajstić information content (AvgIpc) is 2.19. The summed E-state index contributed by atoms with van der Waals surface area (Å²) in [7, 11) is 0. The Balaban J connectivity index is 3.43. The molecule has 0 atom stereocenters. The van der Waals surface area contributed by atoms with Crippen molar-refractivity contribution in [1.82, 2.24) is 5.32 Å². The Kier molecular flexibility index (Phi) is 9.16. The highest BCUT2D eigenvalue weighted by molar-refractivity contribution is 6.17. The lowest BCUT2D eigenvalue weighted by molar-refractivity contribution is -0.125. The van der Waals surface area contributed by atoms with Crippen LogP contribution in [0.5, 0.6) is 0 Å². The molecule has 0 aliphatic heterocycles. The number of nitrogens with one attached hydrogen (secondary N) is 1. The molecule has 1 amide bonds. The minimum Gasteiger partial charge on any atom is -0.356 e. The van der Waals surface area contributed by atoms with Gasteiger partial charge in [-0.2, -0.15) is 0 Å². The highest BCUT2D eigenvalue weighted by Crippen LogP contribution is 2.07. The lowest BCUT2D eigenvalue weighted by Crippen LogP contribution is -2.30. The van der Waals surface area contributed by atoms with E-state index >= 15 is 0 Å². The van der Waals surface area contributed by atoms with Crippen LogP contribution in [-0.2, 0) is 4.79 Å². The van der Waals surface area contributed by atoms with Gasteiger partial charge in [0.25, 0.3) is 0 Å². The van der Waals surface area contributed by atoms with Crippen molar-refractivity contribution < 1.29 is 4.79 Å². The molecule has 0 radical (unpaired) electrons. The third-order valence-electron chi connectivity index (χ3n) is 2.47. The molecular weight excluding hydrogens is 198 g/mol. The van der Waals surface area contributed by atoms with Gasteiger partial charge >= 0.3 is 0 Å². The number of hydrogen-bond donors (Lipinski definition) is 1. The second-order valence-electron chi connectivity index (χ2n) is 3.55. The van der Waals surface area contributed by atoms with Crippen molar-refractivity contribution >= 4 is 17.5 Å². The highest BCUT2D eigenvalue weighted by atomic mass is 35.5. The van der Waals surface area contributed by atoms with Gasteiger partial charge in [0.1, 0.15) is 0 Å². The molecule has 84 valence electrons. The summed E-state index contributed by atoms with van der Waals surface area (Å²) in [4.78, 5) is 11.5. The molecule has 0 aliphatic rings. The number of alkyl halides is 1. The number of amides is 1. The second-order valence-corrected chi connectivity index (χ2v) is 3.93. The van der Waals surface area contributed by atoms with E-state index in [-0.39, 0.29) is 11.8 Å². The highest BCUT2D eigenvalue weighted by Gasteiger charge is 2.12. The van der Waals surface area contributed by atoms with Crippen LogP contribution >= 0.6 is 11.6 Å². The summed E-state index contributed by atoms with van der Waals surface area (Å²) in [6.45, 7) is 4.91. The molecule has 0 bridgehead atoms. The summed E-state index contributed by atoms with van der Waals surface area (Å²) in [5, 5.41) is 2.96. The number of halogens is 1. The van der Waals surface area contributed by atoms with E-state index in [0.29, 0.717) is 0 Å². The van der Waals surface area contributed by atoms with Crippen molar-refractivity contribution in [3.63, 3.8) is 0 Å². The summed E-state index contributed by atoms with van der Waals surface area (Å²) in [5.41, 5.74) is 0. The monoisotopic (exact) mass is 219 g/mol. The molecule has 0 unspecified atom stereocenters. The van der Waals surface area contributed by atoms with Gasteiger partial charge in [0, 0.05) is 18.3 Å². The zero-order valence-electron chi connectivity index (χ0n) is 9.31. The lowest BCUT2D eigenvalue weighted by Gasteiger charge is -2.12. The second kappa shape index (κ2) is 9.32. The lowest BCUT2D eigenvalue weighted by atomic mass is 10.0. The minimum absolute atomic E-state index is 0.197. The molecule has 0 saturated carbocycles. The van der Waals surface area contributed by atoms with Gasteiger partial charge in [-0.3, -0.25) is 4.79 Å². The molecule has 0 spiro atoms. The molecule has 0 rings (SSSR count). The van der Waals surface area contributed by atoms with Gasteiger partial charge in [0.05, 0.1) is 0 Å². The Morgan fingerprint density at radius 2 is 1.86 bits per heavy atom. The standard InChI is InChI=1S/C11H22ClNO/c1-3-10(4-2)11(14)13-9-7-5-6-8-12/h10H,3-9H2,1-2H3,(H,13,14). The summed E-state index contributed by atoms with van der Waals surface area (Å²) in [5.74, 6) is 1.13. The van der Waals surface area contributed by atoms with Crippen molar-refractivity contribution in [1.29, 1.82) is 0 Å². The van der Waals surface area contributed by atoms with Crippen LogP contribution in [-0.4, -0.2) is 18.3 Å². The van der Waals surface area contributed by atoms with Crippen LogP contribution in [0.3, 0.4) is 0 Å².